The molecule has 17 aliphatic carbocycles. The molecule has 10 saturated carbocycles. The van der Waals surface area contributed by atoms with Gasteiger partial charge in [0.1, 0.15) is 5.82 Å². The molecule has 0 aromatic carbocycles. The summed E-state index contributed by atoms with van der Waals surface area (Å²) < 4.78 is 27.1. The molecule has 0 aliphatic heterocycles. The van der Waals surface area contributed by atoms with Crippen molar-refractivity contribution in [1.82, 2.24) is 19.9 Å². The van der Waals surface area contributed by atoms with Gasteiger partial charge in [-0.05, 0) is 363 Å². The van der Waals surface area contributed by atoms with Crippen LogP contribution in [0.25, 0.3) is 22.3 Å². The molecule has 0 radical (unpaired) electrons. The van der Waals surface area contributed by atoms with E-state index in [9.17, 15) is 29.6 Å². The van der Waals surface area contributed by atoms with Crippen LogP contribution in [-0.2, 0) is 0 Å². The third-order valence-electron chi connectivity index (χ3n) is 35.8. The van der Waals surface area contributed by atoms with E-state index < -0.39 is 5.95 Å². The van der Waals surface area contributed by atoms with Crippen molar-refractivity contribution >= 4 is 45.1 Å². The summed E-state index contributed by atoms with van der Waals surface area (Å²) in [7, 11) is 0. The number of hydrogen-bond donors (Lipinski definition) is 4. The number of pyridine rings is 4. The summed E-state index contributed by atoms with van der Waals surface area (Å²) in [5.74, 6) is 9.78. The number of hydrogen-bond acceptors (Lipinski definition) is 12. The number of rotatable bonds is 4. The minimum Gasteiger partial charge on any atom is -0.411 e. The molecule has 12 nitrogen and oxygen atoms in total. The van der Waals surface area contributed by atoms with Crippen LogP contribution in [0.15, 0.2) is 189 Å². The van der Waals surface area contributed by atoms with Gasteiger partial charge in [0.25, 0.3) is 0 Å². The van der Waals surface area contributed by atoms with Crippen LogP contribution in [-0.4, -0.2) is 63.6 Å². The zero-order chi connectivity index (χ0) is 78.5. The first kappa shape index (κ1) is 76.3. The van der Waals surface area contributed by atoms with Gasteiger partial charge in [-0.1, -0.05) is 166 Å². The van der Waals surface area contributed by atoms with E-state index in [2.05, 4.69) is 201 Å². The Kier molecular flexibility index (Phi) is 19.2. The monoisotopic (exact) mass is 1520 g/mol. The average Bonchev–Trinajstić information content (AvgIpc) is 1.57. The topological polar surface area (TPSA) is 182 Å². The lowest BCUT2D eigenvalue weighted by molar-refractivity contribution is -0.0945. The zero-order valence-corrected chi connectivity index (χ0v) is 68.5. The highest BCUT2D eigenvalue weighted by molar-refractivity contribution is 5.98. The van der Waals surface area contributed by atoms with Crippen molar-refractivity contribution in [3.05, 3.63) is 202 Å². The molecule has 4 aromatic rings. The van der Waals surface area contributed by atoms with Gasteiger partial charge in [0.05, 0.1) is 29.0 Å². The van der Waals surface area contributed by atoms with Crippen LogP contribution in [0.2, 0.25) is 0 Å². The van der Waals surface area contributed by atoms with Crippen molar-refractivity contribution in [3.8, 4) is 0 Å². The highest BCUT2D eigenvalue weighted by Crippen LogP contribution is 2.76. The second-order valence-corrected chi connectivity index (χ2v) is 40.3. The number of nitrogens with zero attached hydrogens (tertiary/aromatic N) is 8. The highest BCUT2D eigenvalue weighted by atomic mass is 19.1. The Bertz CT molecular complexity index is 4870. The predicted molar refractivity (Wildman–Crippen MR) is 445 cm³/mol. The lowest BCUT2D eigenvalue weighted by Gasteiger charge is -2.61. The van der Waals surface area contributed by atoms with Crippen molar-refractivity contribution in [2.24, 2.45) is 153 Å². The second kappa shape index (κ2) is 28.4. The zero-order valence-electron chi connectivity index (χ0n) is 68.5. The highest BCUT2D eigenvalue weighted by Gasteiger charge is 2.68. The average molecular weight is 1520 g/mol. The fourth-order valence-electron chi connectivity index (χ4n) is 29.9. The first-order valence-corrected chi connectivity index (χ1v) is 43.7. The Morgan fingerprint density at radius 3 is 1.60 bits per heavy atom. The molecule has 0 saturated heterocycles. The summed E-state index contributed by atoms with van der Waals surface area (Å²) in [6, 6.07) is 13.6. The molecule has 5 unspecified atom stereocenters. The number of aromatic nitrogens is 4. The van der Waals surface area contributed by atoms with E-state index in [-0.39, 0.29) is 27.5 Å². The first-order chi connectivity index (χ1) is 54.4. The molecule has 10 fully saturated rings. The maximum atomic E-state index is 13.8. The maximum Gasteiger partial charge on any atom is 0.212 e. The normalized spacial score (nSPS) is 42.9. The molecule has 4 heterocycles. The van der Waals surface area contributed by atoms with Gasteiger partial charge in [0.2, 0.25) is 5.95 Å². The van der Waals surface area contributed by atoms with E-state index in [0.29, 0.717) is 63.1 Å². The van der Waals surface area contributed by atoms with Crippen LogP contribution in [0.5, 0.6) is 0 Å². The molecule has 14 heteroatoms. The molecule has 0 spiro atoms. The van der Waals surface area contributed by atoms with E-state index in [4.69, 9.17) is 0 Å². The molecule has 4 aromatic heterocycles. The van der Waals surface area contributed by atoms with Gasteiger partial charge in [-0.2, -0.15) is 4.39 Å². The summed E-state index contributed by atoms with van der Waals surface area (Å²) in [6.07, 6.45) is 61.3. The number of halogens is 2. The minimum absolute atomic E-state index is 0.0133. The summed E-state index contributed by atoms with van der Waals surface area (Å²) in [5.41, 5.74) is 23.2. The molecule has 0 bridgehead atoms. The van der Waals surface area contributed by atoms with Crippen molar-refractivity contribution < 1.29 is 29.6 Å². The van der Waals surface area contributed by atoms with Gasteiger partial charge in [-0.3, -0.25) is 15.0 Å². The lowest BCUT2D eigenvalue weighted by atomic mass is 9.43. The predicted octanol–water partition coefficient (Wildman–Crippen LogP) is 24.0. The summed E-state index contributed by atoms with van der Waals surface area (Å²) >= 11 is 0. The summed E-state index contributed by atoms with van der Waals surface area (Å²) in [6.45, 7) is 24.4. The van der Waals surface area contributed by atoms with Crippen LogP contribution in [0.1, 0.15) is 246 Å². The van der Waals surface area contributed by atoms with Gasteiger partial charge < -0.3 is 20.8 Å². The summed E-state index contributed by atoms with van der Waals surface area (Å²) in [4.78, 5) is 16.8. The Balaban J connectivity index is 0.000000105. The van der Waals surface area contributed by atoms with Gasteiger partial charge >= 0.3 is 0 Å². The van der Waals surface area contributed by atoms with Crippen molar-refractivity contribution in [2.75, 3.05) is 0 Å². The quantitative estimate of drug-likeness (QED) is 0.0884. The van der Waals surface area contributed by atoms with Crippen LogP contribution < -0.4 is 0 Å². The standard InChI is InChI=1S/C25H29FN2O.C25H30N2O.C25H34N2O.C24H27FN2O/c1-15-12-18-20-6-5-19(16-4-7-23(26)27-14-16)24(20,2)11-9-21(18)25(3)10-8-17(28-29)13-22(15)25;1-24-10-8-21-23(20(24)6-5-19(24)15-4-3-11-26-14-15)18-13-17(18)22-12-16(27-28)7-9-25(21,22)2;1-16-19-7-6-18-21-9-8-20(17-5-4-14-26-15-17)25(21,3)12-10-22(18)24(19,2)13-11-23(16)27-28;1-23-9-7-18(27-28)12-16(23)3-4-19-21-6-5-20(15-11-17(25)14-26-13-15)24(21,2)10-8-22(19)23/h4-7,13-15,18,21,29H,8-12H2,1-3H3;3-5,11-12,14,17-18,20-21,23,28H,6-10,13H2,1-2H3;4-5,8,14-16,18-19,21-22,28H,6-7,9-13H2,1-3H3;5-6,11-14,19,22,28H,3-4,7-10H2,1-2H3/b28-17+;27-16+;27-23+;27-18+/t15?,18-,21-,24+,25+;17?,18?,20-,21-,23-,24+,25+;16?,18-,19?,21-,22-,24-,25+;19-,22-,23-,24+/m0000/s1. The molecule has 23 atom stereocenters. The largest absolute Gasteiger partial charge is 0.411 e. The molecule has 0 amide bonds. The molecule has 21 rings (SSSR count). The van der Waals surface area contributed by atoms with E-state index in [1.54, 1.807) is 40.8 Å². The fourth-order valence-corrected chi connectivity index (χ4v) is 29.9. The molecule has 17 aliphatic rings. The lowest BCUT2D eigenvalue weighted by Crippen LogP contribution is -2.55. The first-order valence-electron chi connectivity index (χ1n) is 43.7. The van der Waals surface area contributed by atoms with Crippen molar-refractivity contribution in [2.45, 2.75) is 223 Å². The third kappa shape index (κ3) is 12.0. The molecular weight excluding hydrogens is 1400 g/mol. The third-order valence-corrected chi connectivity index (χ3v) is 35.8. The van der Waals surface area contributed by atoms with Gasteiger partial charge in [-0.15, -0.1) is 0 Å². The molecule has 594 valence electrons. The van der Waals surface area contributed by atoms with E-state index in [1.165, 1.54) is 128 Å². The summed E-state index contributed by atoms with van der Waals surface area (Å²) in [5, 5.41) is 51.5. The van der Waals surface area contributed by atoms with Crippen LogP contribution in [0, 0.1) is 144 Å². The van der Waals surface area contributed by atoms with Crippen LogP contribution in [0.3, 0.4) is 0 Å². The second-order valence-electron chi connectivity index (χ2n) is 40.3. The maximum absolute atomic E-state index is 13.8. The fraction of sp³-hybridized carbons (Fsp3) is 0.576. The Labute approximate surface area is 669 Å². The smallest absolute Gasteiger partial charge is 0.212 e. The Hall–Kier alpha value is -8.00. The van der Waals surface area contributed by atoms with Gasteiger partial charge in [0, 0.05) is 53.9 Å². The minimum atomic E-state index is -0.425. The van der Waals surface area contributed by atoms with Crippen molar-refractivity contribution in [3.63, 3.8) is 0 Å². The number of allylic oxidation sites excluding steroid dienone is 18. The van der Waals surface area contributed by atoms with Crippen LogP contribution in [0.4, 0.5) is 8.78 Å². The van der Waals surface area contributed by atoms with E-state index >= 15 is 0 Å². The molecular formula is C99H120F2N8O4. The van der Waals surface area contributed by atoms with E-state index in [0.717, 1.165) is 158 Å². The van der Waals surface area contributed by atoms with Gasteiger partial charge in [0.15, 0.2) is 0 Å². The van der Waals surface area contributed by atoms with Crippen LogP contribution >= 0.6 is 0 Å². The Morgan fingerprint density at radius 2 is 0.982 bits per heavy atom. The number of oxime groups is 4. The Morgan fingerprint density at radius 1 is 0.416 bits per heavy atom. The molecule has 113 heavy (non-hydrogen) atoms. The van der Waals surface area contributed by atoms with Gasteiger partial charge in [-0.25, -0.2) is 9.37 Å². The SMILES string of the molecule is CC1/C(=N/O)CC[C@@]2(C)C1CC[C@@H]1[C@@H]2CC[C@]2(C)C(c3cccnc3)=CC[C@@H]12.CC1C[C@H]2C3=CC=C(c4ccc(F)nc4)[C@@]3(C)CC[C@@H]2[C@@]2(C)CC/C(=N\O)C=C12.C[C@]12CC/C(=N\O)C=C1C1CC1[C@@H]1[C@@H]2CC[C@]2(C)C(c3cccnc3)=CC[C@@H]12.C[C@]12CC[C@H]3[C@@H](CCC4=C/C(=N/O)CC[C@@]43C)C1=CC=C2c1cncc(F)c1. The molecule has 4 N–H and O–H groups in total. The number of fused-ring (bicyclic) bond motifs is 23. The van der Waals surface area contributed by atoms with Crippen molar-refractivity contribution in [1.29, 1.82) is 0 Å². The van der Waals surface area contributed by atoms with E-state index in [1.807, 2.05) is 18.5 Å².